The van der Waals surface area contributed by atoms with E-state index in [1.54, 1.807) is 11.8 Å². The maximum absolute atomic E-state index is 12.0. The molecule has 0 spiro atoms. The average molecular weight is 271 g/mol. The lowest BCUT2D eigenvalue weighted by Crippen LogP contribution is -2.60. The number of carboxylic acid groups (broad SMARTS) is 1. The number of carbonyl (C=O) groups is 2. The molecule has 1 aliphatic rings. The van der Waals surface area contributed by atoms with Gasteiger partial charge in [0.2, 0.25) is 0 Å². The zero-order valence-electron chi connectivity index (χ0n) is 12.3. The lowest BCUT2D eigenvalue weighted by atomic mass is 10.00. The van der Waals surface area contributed by atoms with Crippen molar-refractivity contribution in [3.63, 3.8) is 0 Å². The van der Waals surface area contributed by atoms with Gasteiger partial charge < -0.3 is 15.3 Å². The number of carbonyl (C=O) groups excluding carboxylic acids is 1. The summed E-state index contributed by atoms with van der Waals surface area (Å²) < 4.78 is 0. The van der Waals surface area contributed by atoms with E-state index < -0.39 is 11.9 Å². The first-order chi connectivity index (χ1) is 8.74. The molecule has 6 heteroatoms. The van der Waals surface area contributed by atoms with Gasteiger partial charge in [0.25, 0.3) is 0 Å². The first-order valence-electron chi connectivity index (χ1n) is 6.71. The molecule has 0 aliphatic carbocycles. The maximum atomic E-state index is 12.0. The Morgan fingerprint density at radius 1 is 1.37 bits per heavy atom. The fourth-order valence-electron chi connectivity index (χ4n) is 2.04. The Labute approximate surface area is 114 Å². The van der Waals surface area contributed by atoms with E-state index in [4.69, 9.17) is 5.11 Å². The molecule has 0 aromatic rings. The second-order valence-corrected chi connectivity index (χ2v) is 5.92. The SMILES string of the molecule is CC(CCNC(=O)N1CCN(C)C(C)(C)C1)C(=O)O. The molecule has 0 radical (unpaired) electrons. The first-order valence-corrected chi connectivity index (χ1v) is 6.71. The van der Waals surface area contributed by atoms with Gasteiger partial charge in [-0.05, 0) is 27.3 Å². The Bertz CT molecular complexity index is 344. The highest BCUT2D eigenvalue weighted by Gasteiger charge is 2.33. The minimum Gasteiger partial charge on any atom is -0.481 e. The fourth-order valence-corrected chi connectivity index (χ4v) is 2.04. The number of likely N-dealkylation sites (N-methyl/N-ethyl adjacent to an activating group) is 1. The largest absolute Gasteiger partial charge is 0.481 e. The minimum atomic E-state index is -0.824. The van der Waals surface area contributed by atoms with Gasteiger partial charge in [0.15, 0.2) is 0 Å². The van der Waals surface area contributed by atoms with Crippen LogP contribution >= 0.6 is 0 Å². The maximum Gasteiger partial charge on any atom is 0.317 e. The summed E-state index contributed by atoms with van der Waals surface area (Å²) in [6.07, 6.45) is 0.457. The number of hydrogen-bond donors (Lipinski definition) is 2. The molecule has 19 heavy (non-hydrogen) atoms. The number of hydrogen-bond acceptors (Lipinski definition) is 3. The molecule has 0 bridgehead atoms. The van der Waals surface area contributed by atoms with Gasteiger partial charge >= 0.3 is 12.0 Å². The number of nitrogens with zero attached hydrogens (tertiary/aromatic N) is 2. The van der Waals surface area contributed by atoms with Crippen LogP contribution in [0.15, 0.2) is 0 Å². The standard InChI is InChI=1S/C13H25N3O3/c1-10(11(17)18)5-6-14-12(19)16-8-7-15(4)13(2,3)9-16/h10H,5-9H2,1-4H3,(H,14,19)(H,17,18). The highest BCUT2D eigenvalue weighted by Crippen LogP contribution is 2.18. The molecular formula is C13H25N3O3. The minimum absolute atomic E-state index is 0.0239. The van der Waals surface area contributed by atoms with Gasteiger partial charge in [0, 0.05) is 31.7 Å². The molecule has 2 amide bonds. The summed E-state index contributed by atoms with van der Waals surface area (Å²) in [7, 11) is 2.06. The summed E-state index contributed by atoms with van der Waals surface area (Å²) in [6.45, 7) is 8.51. The van der Waals surface area contributed by atoms with Crippen molar-refractivity contribution >= 4 is 12.0 Å². The van der Waals surface area contributed by atoms with Crippen molar-refractivity contribution in [3.8, 4) is 0 Å². The van der Waals surface area contributed by atoms with Crippen molar-refractivity contribution < 1.29 is 14.7 Å². The molecule has 110 valence electrons. The molecule has 0 saturated carbocycles. The summed E-state index contributed by atoms with van der Waals surface area (Å²) in [6, 6.07) is -0.0984. The number of piperazine rings is 1. The van der Waals surface area contributed by atoms with E-state index in [1.165, 1.54) is 0 Å². The molecule has 1 unspecified atom stereocenters. The number of nitrogens with one attached hydrogen (secondary N) is 1. The Kier molecular flexibility index (Phi) is 5.17. The van der Waals surface area contributed by atoms with Crippen molar-refractivity contribution in [2.45, 2.75) is 32.7 Å². The predicted octanol–water partition coefficient (Wildman–Crippen LogP) is 0.833. The van der Waals surface area contributed by atoms with Crippen LogP contribution in [0.3, 0.4) is 0 Å². The normalized spacial score (nSPS) is 20.9. The number of aliphatic carboxylic acids is 1. The second-order valence-electron chi connectivity index (χ2n) is 5.92. The van der Waals surface area contributed by atoms with Crippen molar-refractivity contribution in [1.29, 1.82) is 0 Å². The Hall–Kier alpha value is -1.30. The summed E-state index contributed by atoms with van der Waals surface area (Å²) in [5.74, 6) is -1.25. The fraction of sp³-hybridized carbons (Fsp3) is 0.846. The van der Waals surface area contributed by atoms with E-state index in [0.29, 0.717) is 26.1 Å². The lowest BCUT2D eigenvalue weighted by molar-refractivity contribution is -0.141. The van der Waals surface area contributed by atoms with Crippen molar-refractivity contribution in [2.75, 3.05) is 33.2 Å². The van der Waals surface area contributed by atoms with Crippen LogP contribution in [0, 0.1) is 5.92 Å². The predicted molar refractivity (Wildman–Crippen MR) is 73.1 cm³/mol. The van der Waals surface area contributed by atoms with E-state index in [1.807, 2.05) is 0 Å². The Balaban J connectivity index is 2.36. The number of carboxylic acids is 1. The highest BCUT2D eigenvalue weighted by atomic mass is 16.4. The van der Waals surface area contributed by atoms with Crippen LogP contribution in [0.1, 0.15) is 27.2 Å². The highest BCUT2D eigenvalue weighted by molar-refractivity contribution is 5.74. The van der Waals surface area contributed by atoms with E-state index in [0.717, 1.165) is 6.54 Å². The molecule has 1 rings (SSSR count). The zero-order chi connectivity index (χ0) is 14.6. The molecule has 1 heterocycles. The van der Waals surface area contributed by atoms with Crippen LogP contribution in [-0.2, 0) is 4.79 Å². The smallest absolute Gasteiger partial charge is 0.317 e. The van der Waals surface area contributed by atoms with Gasteiger partial charge in [-0.25, -0.2) is 4.79 Å². The average Bonchev–Trinajstić information content (AvgIpc) is 2.32. The second kappa shape index (κ2) is 6.23. The van der Waals surface area contributed by atoms with Crippen molar-refractivity contribution in [1.82, 2.24) is 15.1 Å². The van der Waals surface area contributed by atoms with Gasteiger partial charge in [-0.3, -0.25) is 9.69 Å². The molecule has 0 aromatic carbocycles. The topological polar surface area (TPSA) is 72.9 Å². The zero-order valence-corrected chi connectivity index (χ0v) is 12.3. The van der Waals surface area contributed by atoms with Gasteiger partial charge in [-0.15, -0.1) is 0 Å². The molecular weight excluding hydrogens is 246 g/mol. The third-order valence-corrected chi connectivity index (χ3v) is 3.88. The van der Waals surface area contributed by atoms with Crippen LogP contribution in [0.5, 0.6) is 0 Å². The monoisotopic (exact) mass is 271 g/mol. The number of urea groups is 1. The first kappa shape index (κ1) is 15.8. The molecule has 1 aliphatic heterocycles. The Morgan fingerprint density at radius 3 is 2.53 bits per heavy atom. The van der Waals surface area contributed by atoms with E-state index >= 15 is 0 Å². The molecule has 1 fully saturated rings. The van der Waals surface area contributed by atoms with Gasteiger partial charge in [0.1, 0.15) is 0 Å². The molecule has 1 atom stereocenters. The van der Waals surface area contributed by atoms with Crippen LogP contribution in [-0.4, -0.2) is 65.7 Å². The molecule has 6 nitrogen and oxygen atoms in total. The van der Waals surface area contributed by atoms with E-state index in [9.17, 15) is 9.59 Å². The van der Waals surface area contributed by atoms with Crippen LogP contribution in [0.4, 0.5) is 4.79 Å². The lowest BCUT2D eigenvalue weighted by Gasteiger charge is -2.45. The molecule has 1 saturated heterocycles. The summed E-state index contributed by atoms with van der Waals surface area (Å²) >= 11 is 0. The van der Waals surface area contributed by atoms with Crippen LogP contribution < -0.4 is 5.32 Å². The van der Waals surface area contributed by atoms with E-state index in [-0.39, 0.29) is 11.6 Å². The molecule has 0 aromatic heterocycles. The Morgan fingerprint density at radius 2 is 2.00 bits per heavy atom. The molecule has 2 N–H and O–H groups in total. The van der Waals surface area contributed by atoms with Gasteiger partial charge in [-0.2, -0.15) is 0 Å². The summed E-state index contributed by atoms with van der Waals surface area (Å²) in [5, 5.41) is 11.6. The quantitative estimate of drug-likeness (QED) is 0.794. The third-order valence-electron chi connectivity index (χ3n) is 3.88. The summed E-state index contributed by atoms with van der Waals surface area (Å²) in [5.41, 5.74) is -0.0239. The number of rotatable bonds is 4. The van der Waals surface area contributed by atoms with Crippen LogP contribution in [0.2, 0.25) is 0 Å². The van der Waals surface area contributed by atoms with Crippen molar-refractivity contribution in [2.24, 2.45) is 5.92 Å². The van der Waals surface area contributed by atoms with Crippen LogP contribution in [0.25, 0.3) is 0 Å². The third kappa shape index (κ3) is 4.38. The van der Waals surface area contributed by atoms with E-state index in [2.05, 4.69) is 31.1 Å². The number of amides is 2. The van der Waals surface area contributed by atoms with Crippen molar-refractivity contribution in [3.05, 3.63) is 0 Å². The van der Waals surface area contributed by atoms with Gasteiger partial charge in [0.05, 0.1) is 5.92 Å². The summed E-state index contributed by atoms with van der Waals surface area (Å²) in [4.78, 5) is 26.7. The van der Waals surface area contributed by atoms with Gasteiger partial charge in [-0.1, -0.05) is 6.92 Å².